The number of anilines is 1. The number of quaternary nitrogens is 1. The van der Waals surface area contributed by atoms with Gasteiger partial charge in [-0.1, -0.05) is 54.6 Å². The Labute approximate surface area is 189 Å². The van der Waals surface area contributed by atoms with Gasteiger partial charge in [0.25, 0.3) is 15.9 Å². The summed E-state index contributed by atoms with van der Waals surface area (Å²) in [6, 6.07) is 25.6. The van der Waals surface area contributed by atoms with E-state index in [1.54, 1.807) is 36.4 Å². The van der Waals surface area contributed by atoms with Gasteiger partial charge in [0.05, 0.1) is 36.8 Å². The van der Waals surface area contributed by atoms with Crippen molar-refractivity contribution < 1.29 is 18.1 Å². The fourth-order valence-corrected chi connectivity index (χ4v) is 5.24. The van der Waals surface area contributed by atoms with Crippen molar-refractivity contribution in [1.29, 1.82) is 0 Å². The van der Waals surface area contributed by atoms with Crippen molar-refractivity contribution in [2.45, 2.75) is 11.4 Å². The highest BCUT2D eigenvalue weighted by Crippen LogP contribution is 2.22. The fraction of sp³-hybridized carbons (Fsp3) is 0.240. The van der Waals surface area contributed by atoms with Crippen LogP contribution in [-0.2, 0) is 16.6 Å². The minimum atomic E-state index is -3.76. The molecule has 4 rings (SSSR count). The highest BCUT2D eigenvalue weighted by atomic mass is 32.2. The minimum Gasteiger partial charge on any atom is -0.328 e. The predicted molar refractivity (Wildman–Crippen MR) is 125 cm³/mol. The maximum atomic E-state index is 13.1. The van der Waals surface area contributed by atoms with Crippen molar-refractivity contribution in [1.82, 2.24) is 4.90 Å². The van der Waals surface area contributed by atoms with Gasteiger partial charge in [-0.15, -0.1) is 0 Å². The number of carbonyl (C=O) groups excluding carboxylic acids is 1. The van der Waals surface area contributed by atoms with E-state index in [0.717, 1.165) is 19.6 Å². The van der Waals surface area contributed by atoms with Crippen LogP contribution >= 0.6 is 0 Å². The summed E-state index contributed by atoms with van der Waals surface area (Å²) in [4.78, 5) is 16.5. The molecule has 1 N–H and O–H groups in total. The van der Waals surface area contributed by atoms with Gasteiger partial charge in [-0.05, 0) is 30.3 Å². The average molecular weight is 451 g/mol. The maximum Gasteiger partial charge on any atom is 0.264 e. The SMILES string of the molecule is CN(c1ccccc1)S(=O)(=O)c1cccc(C(=O)N2CC[NH+](Cc3ccccc3)CC2)c1. The predicted octanol–water partition coefficient (Wildman–Crippen LogP) is 2.05. The molecule has 0 radical (unpaired) electrons. The number of carbonyl (C=O) groups is 1. The summed E-state index contributed by atoms with van der Waals surface area (Å²) in [5, 5.41) is 0. The topological polar surface area (TPSA) is 62.1 Å². The molecule has 0 aliphatic carbocycles. The molecule has 0 atom stereocenters. The van der Waals surface area contributed by atoms with Crippen LogP contribution in [0.3, 0.4) is 0 Å². The molecule has 1 aliphatic rings. The Kier molecular flexibility index (Phi) is 6.58. The van der Waals surface area contributed by atoms with Crippen molar-refractivity contribution in [2.75, 3.05) is 37.5 Å². The van der Waals surface area contributed by atoms with Gasteiger partial charge < -0.3 is 9.80 Å². The lowest BCUT2D eigenvalue weighted by molar-refractivity contribution is -0.917. The number of sulfonamides is 1. The first kappa shape index (κ1) is 22.0. The van der Waals surface area contributed by atoms with Gasteiger partial charge in [0.1, 0.15) is 6.54 Å². The molecule has 0 bridgehead atoms. The molecule has 3 aromatic rings. The molecule has 1 heterocycles. The van der Waals surface area contributed by atoms with Crippen LogP contribution in [0.25, 0.3) is 0 Å². The van der Waals surface area contributed by atoms with Gasteiger partial charge in [-0.3, -0.25) is 9.10 Å². The van der Waals surface area contributed by atoms with E-state index in [1.807, 2.05) is 29.2 Å². The third-order valence-corrected chi connectivity index (χ3v) is 7.70. The number of nitrogens with zero attached hydrogens (tertiary/aromatic N) is 2. The second-order valence-electron chi connectivity index (χ2n) is 8.04. The van der Waals surface area contributed by atoms with Crippen LogP contribution in [-0.4, -0.2) is 52.5 Å². The molecule has 1 amide bonds. The Bertz CT molecular complexity index is 1160. The third kappa shape index (κ3) is 4.84. The van der Waals surface area contributed by atoms with E-state index >= 15 is 0 Å². The summed E-state index contributed by atoms with van der Waals surface area (Å²) < 4.78 is 27.4. The van der Waals surface area contributed by atoms with Gasteiger partial charge in [0, 0.05) is 18.2 Å². The van der Waals surface area contributed by atoms with Gasteiger partial charge in [0.2, 0.25) is 0 Å². The molecule has 1 fully saturated rings. The number of nitrogens with one attached hydrogen (secondary N) is 1. The molecule has 0 saturated carbocycles. The van der Waals surface area contributed by atoms with Crippen molar-refractivity contribution in [3.05, 3.63) is 96.1 Å². The Morgan fingerprint density at radius 1 is 0.906 bits per heavy atom. The van der Waals surface area contributed by atoms with E-state index in [4.69, 9.17) is 0 Å². The molecule has 3 aromatic carbocycles. The van der Waals surface area contributed by atoms with Crippen LogP contribution in [0.5, 0.6) is 0 Å². The lowest BCUT2D eigenvalue weighted by atomic mass is 10.1. The number of benzene rings is 3. The zero-order valence-corrected chi connectivity index (χ0v) is 19.0. The van der Waals surface area contributed by atoms with Crippen molar-refractivity contribution in [3.8, 4) is 0 Å². The number of rotatable bonds is 6. The molecular formula is C25H28N3O3S+. The molecular weight excluding hydrogens is 422 g/mol. The summed E-state index contributed by atoms with van der Waals surface area (Å²) in [6.07, 6.45) is 0. The summed E-state index contributed by atoms with van der Waals surface area (Å²) >= 11 is 0. The third-order valence-electron chi connectivity index (χ3n) is 5.91. The molecule has 1 saturated heterocycles. The molecule has 0 aromatic heterocycles. The van der Waals surface area contributed by atoms with Crippen molar-refractivity contribution in [2.24, 2.45) is 0 Å². The van der Waals surface area contributed by atoms with Crippen LogP contribution < -0.4 is 9.21 Å². The summed E-state index contributed by atoms with van der Waals surface area (Å²) in [7, 11) is -2.24. The second-order valence-corrected chi connectivity index (χ2v) is 10.0. The van der Waals surface area contributed by atoms with Gasteiger partial charge >= 0.3 is 0 Å². The second kappa shape index (κ2) is 9.54. The highest BCUT2D eigenvalue weighted by Gasteiger charge is 2.27. The van der Waals surface area contributed by atoms with Crippen molar-refractivity contribution >= 4 is 21.6 Å². The fourth-order valence-electron chi connectivity index (χ4n) is 3.99. The molecule has 166 valence electrons. The van der Waals surface area contributed by atoms with E-state index in [0.29, 0.717) is 24.3 Å². The van der Waals surface area contributed by atoms with Crippen LogP contribution in [0.2, 0.25) is 0 Å². The lowest BCUT2D eigenvalue weighted by Crippen LogP contribution is -3.13. The first-order valence-electron chi connectivity index (χ1n) is 10.8. The average Bonchev–Trinajstić information content (AvgIpc) is 2.85. The summed E-state index contributed by atoms with van der Waals surface area (Å²) in [5.74, 6) is -0.122. The van der Waals surface area contributed by atoms with E-state index in [-0.39, 0.29) is 10.8 Å². The monoisotopic (exact) mass is 450 g/mol. The Balaban J connectivity index is 1.44. The molecule has 7 heteroatoms. The quantitative estimate of drug-likeness (QED) is 0.625. The largest absolute Gasteiger partial charge is 0.328 e. The van der Waals surface area contributed by atoms with E-state index in [1.165, 1.54) is 33.9 Å². The summed E-state index contributed by atoms with van der Waals surface area (Å²) in [5.41, 5.74) is 2.27. The molecule has 6 nitrogen and oxygen atoms in total. The zero-order valence-electron chi connectivity index (χ0n) is 18.1. The lowest BCUT2D eigenvalue weighted by Gasteiger charge is -2.32. The number of amides is 1. The first-order chi connectivity index (χ1) is 15.4. The molecule has 32 heavy (non-hydrogen) atoms. The van der Waals surface area contributed by atoms with Crippen LogP contribution in [0.15, 0.2) is 89.8 Å². The number of para-hydroxylation sites is 1. The van der Waals surface area contributed by atoms with Crippen LogP contribution in [0, 0.1) is 0 Å². The normalized spacial score (nSPS) is 14.8. The standard InChI is InChI=1S/C25H27N3O3S/c1-26(23-12-6-3-7-13-23)32(30,31)24-14-8-11-22(19-24)25(29)28-17-15-27(16-18-28)20-21-9-4-2-5-10-21/h2-14,19H,15-18,20H2,1H3/p+1. The van der Waals surface area contributed by atoms with E-state index in [9.17, 15) is 13.2 Å². The summed E-state index contributed by atoms with van der Waals surface area (Å²) in [6.45, 7) is 4.00. The minimum absolute atomic E-state index is 0.114. The van der Waals surface area contributed by atoms with Crippen LogP contribution in [0.4, 0.5) is 5.69 Å². The molecule has 1 aliphatic heterocycles. The van der Waals surface area contributed by atoms with Gasteiger partial charge in [0.15, 0.2) is 0 Å². The Morgan fingerprint density at radius 3 is 2.19 bits per heavy atom. The Hall–Kier alpha value is -3.16. The van der Waals surface area contributed by atoms with Gasteiger partial charge in [-0.25, -0.2) is 8.42 Å². The number of hydrogen-bond donors (Lipinski definition) is 1. The van der Waals surface area contributed by atoms with Crippen molar-refractivity contribution in [3.63, 3.8) is 0 Å². The molecule has 0 spiro atoms. The maximum absolute atomic E-state index is 13.1. The number of piperazine rings is 1. The zero-order chi connectivity index (χ0) is 22.6. The Morgan fingerprint density at radius 2 is 1.53 bits per heavy atom. The first-order valence-corrected chi connectivity index (χ1v) is 12.2. The smallest absolute Gasteiger partial charge is 0.264 e. The van der Waals surface area contributed by atoms with E-state index < -0.39 is 10.0 Å². The van der Waals surface area contributed by atoms with Gasteiger partial charge in [-0.2, -0.15) is 0 Å². The van der Waals surface area contributed by atoms with Crippen LogP contribution in [0.1, 0.15) is 15.9 Å². The van der Waals surface area contributed by atoms with E-state index in [2.05, 4.69) is 12.1 Å². The molecule has 0 unspecified atom stereocenters. The highest BCUT2D eigenvalue weighted by molar-refractivity contribution is 7.92. The number of hydrogen-bond acceptors (Lipinski definition) is 3.